The van der Waals surface area contributed by atoms with E-state index in [4.69, 9.17) is 11.6 Å². The molecule has 3 saturated heterocycles. The van der Waals surface area contributed by atoms with Gasteiger partial charge in [-0.3, -0.25) is 19.5 Å². The molecule has 1 aromatic heterocycles. The SMILES string of the molecule is CNc1c(Cl)cc(C[C@@H](CC(=O)N2CCC(n3nc(-c4ccccc4)[nH]c3=O)CC2)C(=O)N2CCN(C3CCNCC3)CC2)cc1C(F)(F)F. The van der Waals surface area contributed by atoms with Gasteiger partial charge in [-0.2, -0.15) is 13.2 Å². The number of carbonyl (C=O) groups excluding carboxylic acids is 2. The van der Waals surface area contributed by atoms with Crippen LogP contribution in [0.2, 0.25) is 5.02 Å². The van der Waals surface area contributed by atoms with Crippen molar-refractivity contribution >= 4 is 29.1 Å². The van der Waals surface area contributed by atoms with Crippen LogP contribution in [0.15, 0.2) is 47.3 Å². The molecule has 50 heavy (non-hydrogen) atoms. The number of likely N-dealkylation sites (tertiary alicyclic amines) is 1. The van der Waals surface area contributed by atoms with Gasteiger partial charge >= 0.3 is 11.9 Å². The molecule has 15 heteroatoms. The fourth-order valence-electron chi connectivity index (χ4n) is 7.54. The lowest BCUT2D eigenvalue weighted by Gasteiger charge is -2.41. The van der Waals surface area contributed by atoms with Gasteiger partial charge in [-0.1, -0.05) is 41.9 Å². The van der Waals surface area contributed by atoms with Crippen molar-refractivity contribution in [2.75, 3.05) is 64.7 Å². The Balaban J connectivity index is 1.15. The molecule has 3 fully saturated rings. The van der Waals surface area contributed by atoms with E-state index in [-0.39, 0.29) is 52.7 Å². The maximum absolute atomic E-state index is 14.1. The maximum atomic E-state index is 14.1. The molecule has 0 bridgehead atoms. The molecule has 270 valence electrons. The summed E-state index contributed by atoms with van der Waals surface area (Å²) < 4.78 is 43.5. The molecule has 0 spiro atoms. The second-order valence-electron chi connectivity index (χ2n) is 13.4. The van der Waals surface area contributed by atoms with Crippen LogP contribution in [0, 0.1) is 5.92 Å². The van der Waals surface area contributed by atoms with Gasteiger partial charge in [0.25, 0.3) is 0 Å². The molecule has 0 radical (unpaired) electrons. The van der Waals surface area contributed by atoms with Crippen molar-refractivity contribution in [3.63, 3.8) is 0 Å². The van der Waals surface area contributed by atoms with Gasteiger partial charge < -0.3 is 20.4 Å². The predicted octanol–water partition coefficient (Wildman–Crippen LogP) is 4.26. The molecule has 0 unspecified atom stereocenters. The number of halogens is 4. The summed E-state index contributed by atoms with van der Waals surface area (Å²) in [4.78, 5) is 49.3. The normalized spacial score (nSPS) is 19.1. The van der Waals surface area contributed by atoms with E-state index in [1.54, 1.807) is 9.80 Å². The lowest BCUT2D eigenvalue weighted by atomic mass is 9.91. The Bertz CT molecular complexity index is 1690. The third kappa shape index (κ3) is 8.18. The molecule has 0 aliphatic carbocycles. The highest BCUT2D eigenvalue weighted by Gasteiger charge is 2.37. The van der Waals surface area contributed by atoms with E-state index in [0.29, 0.717) is 64.0 Å². The summed E-state index contributed by atoms with van der Waals surface area (Å²) in [6.45, 7) is 5.07. The summed E-state index contributed by atoms with van der Waals surface area (Å²) in [5, 5.41) is 10.3. The Morgan fingerprint density at radius 1 is 0.960 bits per heavy atom. The van der Waals surface area contributed by atoms with Gasteiger partial charge in [0.15, 0.2) is 5.82 Å². The fourth-order valence-corrected chi connectivity index (χ4v) is 7.87. The van der Waals surface area contributed by atoms with E-state index in [2.05, 4.69) is 25.6 Å². The van der Waals surface area contributed by atoms with Crippen molar-refractivity contribution in [1.29, 1.82) is 0 Å². The third-order valence-electron chi connectivity index (χ3n) is 10.3. The summed E-state index contributed by atoms with van der Waals surface area (Å²) in [6.07, 6.45) is -1.78. The fraction of sp³-hybridized carbons (Fsp3) is 0.543. The molecule has 3 aliphatic rings. The number of aromatic nitrogens is 3. The maximum Gasteiger partial charge on any atom is 0.418 e. The predicted molar refractivity (Wildman–Crippen MR) is 185 cm³/mol. The molecule has 3 aromatic rings. The van der Waals surface area contributed by atoms with E-state index in [9.17, 15) is 27.6 Å². The smallest absolute Gasteiger partial charge is 0.386 e. The Hall–Kier alpha value is -3.88. The van der Waals surface area contributed by atoms with Crippen LogP contribution in [-0.4, -0.2) is 107 Å². The number of piperazine rings is 1. The minimum Gasteiger partial charge on any atom is -0.386 e. The van der Waals surface area contributed by atoms with E-state index in [0.717, 1.165) is 37.6 Å². The Morgan fingerprint density at radius 3 is 2.28 bits per heavy atom. The van der Waals surface area contributed by atoms with Crippen LogP contribution in [0.25, 0.3) is 11.4 Å². The second kappa shape index (κ2) is 15.6. The van der Waals surface area contributed by atoms with E-state index >= 15 is 0 Å². The summed E-state index contributed by atoms with van der Waals surface area (Å²) in [6, 6.07) is 12.1. The van der Waals surface area contributed by atoms with Crippen LogP contribution < -0.4 is 16.3 Å². The van der Waals surface area contributed by atoms with Crippen molar-refractivity contribution < 1.29 is 22.8 Å². The number of hydrogen-bond donors (Lipinski definition) is 3. The zero-order chi connectivity index (χ0) is 35.4. The zero-order valence-electron chi connectivity index (χ0n) is 28.1. The minimum atomic E-state index is -4.67. The third-order valence-corrected chi connectivity index (χ3v) is 10.6. The monoisotopic (exact) mass is 716 g/mol. The van der Waals surface area contributed by atoms with Crippen molar-refractivity contribution in [2.24, 2.45) is 5.92 Å². The first-order valence-electron chi connectivity index (χ1n) is 17.3. The number of alkyl halides is 3. The number of rotatable bonds is 9. The van der Waals surface area contributed by atoms with Gasteiger partial charge in [0.05, 0.1) is 28.2 Å². The van der Waals surface area contributed by atoms with Crippen LogP contribution in [0.3, 0.4) is 0 Å². The highest BCUT2D eigenvalue weighted by atomic mass is 35.5. The number of hydrogen-bond acceptors (Lipinski definition) is 7. The topological polar surface area (TPSA) is 119 Å². The van der Waals surface area contributed by atoms with Crippen molar-refractivity contribution in [2.45, 2.75) is 56.8 Å². The number of aromatic amines is 1. The number of nitrogens with zero attached hydrogens (tertiary/aromatic N) is 5. The summed E-state index contributed by atoms with van der Waals surface area (Å²) >= 11 is 6.31. The number of piperidine rings is 2. The molecule has 1 atom stereocenters. The van der Waals surface area contributed by atoms with Crippen LogP contribution in [0.5, 0.6) is 0 Å². The second-order valence-corrected chi connectivity index (χ2v) is 13.8. The average Bonchev–Trinajstić information content (AvgIpc) is 3.52. The number of benzene rings is 2. The summed E-state index contributed by atoms with van der Waals surface area (Å²) in [5.74, 6) is -0.880. The number of amides is 2. The number of nitrogens with one attached hydrogen (secondary N) is 3. The zero-order valence-corrected chi connectivity index (χ0v) is 28.9. The largest absolute Gasteiger partial charge is 0.418 e. The number of anilines is 1. The van der Waals surface area contributed by atoms with Crippen LogP contribution in [-0.2, 0) is 22.2 Å². The molecule has 2 aromatic carbocycles. The van der Waals surface area contributed by atoms with Crippen molar-refractivity contribution in [3.05, 3.63) is 69.1 Å². The van der Waals surface area contributed by atoms with Crippen molar-refractivity contribution in [3.8, 4) is 11.4 Å². The number of carbonyl (C=O) groups is 2. The quantitative estimate of drug-likeness (QED) is 0.303. The van der Waals surface area contributed by atoms with Crippen LogP contribution in [0.1, 0.15) is 49.3 Å². The first-order valence-corrected chi connectivity index (χ1v) is 17.7. The Morgan fingerprint density at radius 2 is 1.64 bits per heavy atom. The van der Waals surface area contributed by atoms with E-state index < -0.39 is 17.7 Å². The van der Waals surface area contributed by atoms with E-state index in [1.165, 1.54) is 17.8 Å². The molecule has 3 N–H and O–H groups in total. The first-order chi connectivity index (χ1) is 24.0. The molecule has 0 saturated carbocycles. The van der Waals surface area contributed by atoms with Gasteiger partial charge in [0.1, 0.15) is 0 Å². The summed E-state index contributed by atoms with van der Waals surface area (Å²) in [5.41, 5.74) is -0.427. The molecule has 11 nitrogen and oxygen atoms in total. The van der Waals surface area contributed by atoms with Gasteiger partial charge in [0, 0.05) is 64.3 Å². The molecular formula is C35H44ClF3N8O3. The molecule has 2 amide bonds. The Labute approximate surface area is 294 Å². The molecular weight excluding hydrogens is 673 g/mol. The minimum absolute atomic E-state index is 0.0622. The van der Waals surface area contributed by atoms with Gasteiger partial charge in [-0.05, 0) is 62.9 Å². The molecule has 6 rings (SSSR count). The van der Waals surface area contributed by atoms with Gasteiger partial charge in [-0.15, -0.1) is 5.10 Å². The molecule has 3 aliphatic heterocycles. The van der Waals surface area contributed by atoms with Crippen LogP contribution >= 0.6 is 11.6 Å². The molecule has 4 heterocycles. The average molecular weight is 717 g/mol. The lowest BCUT2D eigenvalue weighted by Crippen LogP contribution is -2.55. The Kier molecular flexibility index (Phi) is 11.2. The van der Waals surface area contributed by atoms with Gasteiger partial charge in [0.2, 0.25) is 11.8 Å². The van der Waals surface area contributed by atoms with E-state index in [1.807, 2.05) is 30.3 Å². The van der Waals surface area contributed by atoms with Gasteiger partial charge in [-0.25, -0.2) is 9.48 Å². The van der Waals surface area contributed by atoms with Crippen LogP contribution in [0.4, 0.5) is 18.9 Å². The highest BCUT2D eigenvalue weighted by molar-refractivity contribution is 6.33. The highest BCUT2D eigenvalue weighted by Crippen LogP contribution is 2.40. The lowest BCUT2D eigenvalue weighted by molar-refractivity contribution is -0.143. The summed E-state index contributed by atoms with van der Waals surface area (Å²) in [7, 11) is 1.37. The first kappa shape index (κ1) is 35.9. The standard InChI is InChI=1S/C35H44ClF3N8O3/c1-40-31-28(35(37,38)39)20-23(21-29(31)36)19-25(33(49)46-17-15-44(16-18-46)26-7-11-41-12-8-26)22-30(48)45-13-9-27(10-14-45)47-34(50)42-32(43-47)24-5-3-2-4-6-24/h2-6,20-21,25-27,40-41H,7-19,22H2,1H3,(H,42,43,50)/t25-/m0/s1. The number of H-pyrrole nitrogens is 1. The van der Waals surface area contributed by atoms with Crippen molar-refractivity contribution in [1.82, 2.24) is 34.8 Å².